The lowest BCUT2D eigenvalue weighted by Crippen LogP contribution is -2.60. The number of aliphatic hydroxyl groups excluding tert-OH is 4. The molecular weight excluding hydrogens is 246 g/mol. The van der Waals surface area contributed by atoms with Crippen LogP contribution in [0.4, 0.5) is 5.00 Å². The van der Waals surface area contributed by atoms with E-state index < -0.39 is 37.3 Å². The number of ether oxygens (including phenoxy) is 1. The molecule has 2 rings (SSSR count). The second-order valence-electron chi connectivity index (χ2n) is 3.87. The molecule has 1 fully saturated rings. The van der Waals surface area contributed by atoms with Gasteiger partial charge in [-0.25, -0.2) is 0 Å². The monoisotopic (exact) mass is 261 g/mol. The summed E-state index contributed by atoms with van der Waals surface area (Å²) in [5.41, 5.74) is 0. The third-order valence-electron chi connectivity index (χ3n) is 2.70. The molecular formula is C10H15NO5S. The highest BCUT2D eigenvalue weighted by Gasteiger charge is 2.43. The van der Waals surface area contributed by atoms with Gasteiger partial charge in [0.15, 0.2) is 6.23 Å². The maximum atomic E-state index is 9.75. The van der Waals surface area contributed by atoms with Crippen molar-refractivity contribution in [2.45, 2.75) is 30.6 Å². The average molecular weight is 261 g/mol. The molecule has 0 unspecified atom stereocenters. The Hall–Kier alpha value is -0.700. The van der Waals surface area contributed by atoms with Crippen molar-refractivity contribution < 1.29 is 25.2 Å². The molecule has 6 nitrogen and oxygen atoms in total. The fourth-order valence-corrected chi connectivity index (χ4v) is 2.37. The van der Waals surface area contributed by atoms with E-state index in [1.807, 2.05) is 11.4 Å². The van der Waals surface area contributed by atoms with E-state index in [9.17, 15) is 15.3 Å². The zero-order valence-corrected chi connectivity index (χ0v) is 9.75. The van der Waals surface area contributed by atoms with E-state index in [0.717, 1.165) is 5.00 Å². The van der Waals surface area contributed by atoms with Crippen LogP contribution in [0.25, 0.3) is 0 Å². The number of nitrogens with one attached hydrogen (secondary N) is 1. The summed E-state index contributed by atoms with van der Waals surface area (Å²) in [6, 6.07) is 3.63. The SMILES string of the molecule is OC[C@H]1O[C@@H](Nc2cccs2)[C@H](O)[C@@H](O)[C@@H]1O. The highest BCUT2D eigenvalue weighted by Crippen LogP contribution is 2.24. The van der Waals surface area contributed by atoms with Crippen LogP contribution in [0.15, 0.2) is 17.5 Å². The fourth-order valence-electron chi connectivity index (χ4n) is 1.72. The minimum absolute atomic E-state index is 0.423. The van der Waals surface area contributed by atoms with Crippen LogP contribution < -0.4 is 5.32 Å². The normalized spacial score (nSPS) is 38.0. The first-order valence-electron chi connectivity index (χ1n) is 5.24. The van der Waals surface area contributed by atoms with Gasteiger partial charge in [0.2, 0.25) is 0 Å². The molecule has 1 aliphatic rings. The first kappa shape index (κ1) is 12.7. The highest BCUT2D eigenvalue weighted by atomic mass is 32.1. The van der Waals surface area contributed by atoms with Crippen LogP contribution in [0.3, 0.4) is 0 Å². The lowest BCUT2D eigenvalue weighted by atomic mass is 9.98. The average Bonchev–Trinajstić information content (AvgIpc) is 2.83. The predicted molar refractivity (Wildman–Crippen MR) is 61.7 cm³/mol. The molecule has 7 heteroatoms. The van der Waals surface area contributed by atoms with Crippen LogP contribution in [0.1, 0.15) is 0 Å². The third kappa shape index (κ3) is 2.59. The summed E-state index contributed by atoms with van der Waals surface area (Å²) >= 11 is 1.42. The highest BCUT2D eigenvalue weighted by molar-refractivity contribution is 7.14. The van der Waals surface area contributed by atoms with Gasteiger partial charge in [-0.2, -0.15) is 0 Å². The largest absolute Gasteiger partial charge is 0.394 e. The molecule has 1 aromatic rings. The van der Waals surface area contributed by atoms with Crippen LogP contribution in [-0.2, 0) is 4.74 Å². The zero-order chi connectivity index (χ0) is 12.4. The van der Waals surface area contributed by atoms with E-state index in [-0.39, 0.29) is 0 Å². The lowest BCUT2D eigenvalue weighted by molar-refractivity contribution is -0.221. The molecule has 96 valence electrons. The van der Waals surface area contributed by atoms with Gasteiger partial charge in [-0.3, -0.25) is 0 Å². The van der Waals surface area contributed by atoms with E-state index in [4.69, 9.17) is 9.84 Å². The van der Waals surface area contributed by atoms with Crippen LogP contribution >= 0.6 is 11.3 Å². The summed E-state index contributed by atoms with van der Waals surface area (Å²) < 4.78 is 5.29. The molecule has 0 saturated carbocycles. The molecule has 17 heavy (non-hydrogen) atoms. The van der Waals surface area contributed by atoms with Crippen molar-refractivity contribution in [2.75, 3.05) is 11.9 Å². The van der Waals surface area contributed by atoms with Crippen molar-refractivity contribution in [3.63, 3.8) is 0 Å². The van der Waals surface area contributed by atoms with E-state index >= 15 is 0 Å². The van der Waals surface area contributed by atoms with Crippen molar-refractivity contribution in [3.8, 4) is 0 Å². The molecule has 0 amide bonds. The third-order valence-corrected chi connectivity index (χ3v) is 3.50. The van der Waals surface area contributed by atoms with Gasteiger partial charge in [0.1, 0.15) is 24.4 Å². The Bertz CT molecular complexity index is 344. The van der Waals surface area contributed by atoms with Gasteiger partial charge < -0.3 is 30.5 Å². The van der Waals surface area contributed by atoms with Gasteiger partial charge in [-0.05, 0) is 17.5 Å². The summed E-state index contributed by atoms with van der Waals surface area (Å²) in [5, 5.41) is 43.4. The second-order valence-corrected chi connectivity index (χ2v) is 4.82. The molecule has 0 aliphatic carbocycles. The van der Waals surface area contributed by atoms with Gasteiger partial charge in [0.25, 0.3) is 0 Å². The molecule has 0 bridgehead atoms. The van der Waals surface area contributed by atoms with E-state index in [1.54, 1.807) is 6.07 Å². The quantitative estimate of drug-likeness (QED) is 0.476. The molecule has 1 aromatic heterocycles. The molecule has 2 heterocycles. The summed E-state index contributed by atoms with van der Waals surface area (Å²) in [6.07, 6.45) is -5.67. The van der Waals surface area contributed by atoms with E-state index in [0.29, 0.717) is 0 Å². The fraction of sp³-hybridized carbons (Fsp3) is 0.600. The molecule has 5 atom stereocenters. The van der Waals surface area contributed by atoms with Gasteiger partial charge in [-0.1, -0.05) is 0 Å². The Morgan fingerprint density at radius 2 is 2.00 bits per heavy atom. The summed E-state index contributed by atoms with van der Waals surface area (Å²) in [4.78, 5) is 0. The first-order valence-corrected chi connectivity index (χ1v) is 6.12. The number of hydrogen-bond acceptors (Lipinski definition) is 7. The Labute approximate surface area is 102 Å². The zero-order valence-electron chi connectivity index (χ0n) is 8.93. The van der Waals surface area contributed by atoms with Crippen LogP contribution in [0.2, 0.25) is 0 Å². The first-order chi connectivity index (χ1) is 8.13. The smallest absolute Gasteiger partial charge is 0.157 e. The number of anilines is 1. The number of hydrogen-bond donors (Lipinski definition) is 5. The summed E-state index contributed by atoms with van der Waals surface area (Å²) in [6.45, 7) is -0.423. The Morgan fingerprint density at radius 3 is 2.59 bits per heavy atom. The minimum atomic E-state index is -1.35. The topological polar surface area (TPSA) is 102 Å². The standard InChI is InChI=1S/C10H15NO5S/c12-4-5-7(13)8(14)9(15)10(16-5)11-6-2-1-3-17-6/h1-3,5,7-15H,4H2/t5-,7-,8+,9-,10-/m1/s1. The van der Waals surface area contributed by atoms with Crippen LogP contribution in [0.5, 0.6) is 0 Å². The van der Waals surface area contributed by atoms with Gasteiger partial charge in [-0.15, -0.1) is 11.3 Å². The molecule has 1 aliphatic heterocycles. The molecule has 1 saturated heterocycles. The summed E-state index contributed by atoms with van der Waals surface area (Å²) in [5.74, 6) is 0. The number of aliphatic hydroxyl groups is 4. The van der Waals surface area contributed by atoms with E-state index in [2.05, 4.69) is 5.32 Å². The van der Waals surface area contributed by atoms with Crippen molar-refractivity contribution in [2.24, 2.45) is 0 Å². The molecule has 0 spiro atoms. The van der Waals surface area contributed by atoms with Gasteiger partial charge in [0, 0.05) is 0 Å². The van der Waals surface area contributed by atoms with Gasteiger partial charge >= 0.3 is 0 Å². The van der Waals surface area contributed by atoms with E-state index in [1.165, 1.54) is 11.3 Å². The van der Waals surface area contributed by atoms with Crippen LogP contribution in [-0.4, -0.2) is 57.7 Å². The van der Waals surface area contributed by atoms with Crippen molar-refractivity contribution in [1.29, 1.82) is 0 Å². The number of thiophene rings is 1. The Morgan fingerprint density at radius 1 is 1.24 bits per heavy atom. The second kappa shape index (κ2) is 5.30. The number of rotatable bonds is 3. The Balaban J connectivity index is 2.06. The van der Waals surface area contributed by atoms with Crippen molar-refractivity contribution >= 4 is 16.3 Å². The van der Waals surface area contributed by atoms with Crippen LogP contribution in [0, 0.1) is 0 Å². The maximum absolute atomic E-state index is 9.75. The van der Waals surface area contributed by atoms with Crippen molar-refractivity contribution in [1.82, 2.24) is 0 Å². The minimum Gasteiger partial charge on any atom is -0.394 e. The lowest BCUT2D eigenvalue weighted by Gasteiger charge is -2.40. The summed E-state index contributed by atoms with van der Waals surface area (Å²) in [7, 11) is 0. The van der Waals surface area contributed by atoms with Gasteiger partial charge in [0.05, 0.1) is 11.6 Å². The Kier molecular flexibility index (Phi) is 3.97. The molecule has 0 aromatic carbocycles. The molecule has 5 N–H and O–H groups in total. The molecule has 0 radical (unpaired) electrons. The maximum Gasteiger partial charge on any atom is 0.157 e. The van der Waals surface area contributed by atoms with Crippen molar-refractivity contribution in [3.05, 3.63) is 17.5 Å². The predicted octanol–water partition coefficient (Wildman–Crippen LogP) is -1.04.